The van der Waals surface area contributed by atoms with E-state index in [1.165, 1.54) is 6.42 Å². The van der Waals surface area contributed by atoms with Crippen LogP contribution >= 0.6 is 0 Å². The summed E-state index contributed by atoms with van der Waals surface area (Å²) in [6.45, 7) is 12.6. The first-order valence-corrected chi connectivity index (χ1v) is 10.7. The highest BCUT2D eigenvalue weighted by molar-refractivity contribution is 5.97. The summed E-state index contributed by atoms with van der Waals surface area (Å²) in [5.41, 5.74) is -0.0377. The average molecular weight is 391 g/mol. The Morgan fingerprint density at radius 3 is 2.43 bits per heavy atom. The first-order chi connectivity index (χ1) is 13.4. The Morgan fingerprint density at radius 1 is 1.21 bits per heavy atom. The fourth-order valence-electron chi connectivity index (χ4n) is 3.99. The second kappa shape index (κ2) is 10.8. The van der Waals surface area contributed by atoms with Crippen LogP contribution in [0.15, 0.2) is 24.3 Å². The van der Waals surface area contributed by atoms with E-state index in [4.69, 9.17) is 9.47 Å². The number of ether oxygens (including phenoxy) is 2. The lowest BCUT2D eigenvalue weighted by atomic mass is 9.92. The van der Waals surface area contributed by atoms with Gasteiger partial charge in [0, 0.05) is 32.4 Å². The molecule has 1 aliphatic heterocycles. The lowest BCUT2D eigenvalue weighted by Crippen LogP contribution is -2.41. The summed E-state index contributed by atoms with van der Waals surface area (Å²) in [6.07, 6.45) is 4.03. The second-order valence-corrected chi connectivity index (χ2v) is 8.57. The van der Waals surface area contributed by atoms with Crippen LogP contribution in [-0.2, 0) is 9.53 Å². The zero-order valence-electron chi connectivity index (χ0n) is 18.3. The van der Waals surface area contributed by atoms with Crippen LogP contribution < -0.4 is 10.1 Å². The summed E-state index contributed by atoms with van der Waals surface area (Å²) >= 11 is 0. The summed E-state index contributed by atoms with van der Waals surface area (Å²) in [5.74, 6) is 2.26. The van der Waals surface area contributed by atoms with Gasteiger partial charge in [-0.25, -0.2) is 0 Å². The van der Waals surface area contributed by atoms with Crippen molar-refractivity contribution >= 4 is 11.6 Å². The molecule has 0 aliphatic carbocycles. The third-order valence-electron chi connectivity index (χ3n) is 5.67. The minimum atomic E-state index is -0.798. The molecule has 5 nitrogen and oxygen atoms in total. The van der Waals surface area contributed by atoms with Gasteiger partial charge in [0.15, 0.2) is 0 Å². The molecular formula is C23H38N2O3. The number of hydrogen-bond donors (Lipinski definition) is 1. The Balaban J connectivity index is 1.80. The molecule has 1 amide bonds. The summed E-state index contributed by atoms with van der Waals surface area (Å²) in [6, 6.07) is 7.59. The number of likely N-dealkylation sites (tertiary alicyclic amines) is 1. The molecule has 1 heterocycles. The largest absolute Gasteiger partial charge is 0.492 e. The van der Waals surface area contributed by atoms with E-state index in [2.05, 4.69) is 31.0 Å². The van der Waals surface area contributed by atoms with Gasteiger partial charge in [0.25, 0.3) is 5.91 Å². The Kier molecular flexibility index (Phi) is 8.77. The van der Waals surface area contributed by atoms with Crippen LogP contribution in [0.5, 0.6) is 5.75 Å². The van der Waals surface area contributed by atoms with Crippen molar-refractivity contribution in [2.45, 2.75) is 59.0 Å². The average Bonchev–Trinajstić information content (AvgIpc) is 2.66. The fourth-order valence-corrected chi connectivity index (χ4v) is 3.99. The molecule has 0 aromatic heterocycles. The molecule has 0 unspecified atom stereocenters. The van der Waals surface area contributed by atoms with E-state index in [9.17, 15) is 4.79 Å². The number of methoxy groups -OCH3 is 1. The summed E-state index contributed by atoms with van der Waals surface area (Å²) in [5, 5.41) is 2.96. The van der Waals surface area contributed by atoms with Gasteiger partial charge in [-0.15, -0.1) is 0 Å². The Morgan fingerprint density at radius 2 is 1.86 bits per heavy atom. The first-order valence-electron chi connectivity index (χ1n) is 10.7. The third-order valence-corrected chi connectivity index (χ3v) is 5.67. The number of hydrogen-bond acceptors (Lipinski definition) is 4. The Bertz CT molecular complexity index is 594. The molecule has 5 heteroatoms. The molecule has 0 radical (unpaired) electrons. The van der Waals surface area contributed by atoms with Crippen molar-refractivity contribution in [3.8, 4) is 5.75 Å². The molecular weight excluding hydrogens is 352 g/mol. The quantitative estimate of drug-likeness (QED) is 0.635. The van der Waals surface area contributed by atoms with Crippen molar-refractivity contribution in [1.29, 1.82) is 0 Å². The molecule has 1 N–H and O–H groups in total. The van der Waals surface area contributed by atoms with Crippen LogP contribution in [-0.4, -0.2) is 49.8 Å². The molecule has 1 saturated heterocycles. The molecule has 1 aromatic carbocycles. The third kappa shape index (κ3) is 6.78. The van der Waals surface area contributed by atoms with E-state index in [0.717, 1.165) is 55.7 Å². The second-order valence-electron chi connectivity index (χ2n) is 8.57. The van der Waals surface area contributed by atoms with Crippen LogP contribution in [0.2, 0.25) is 0 Å². The van der Waals surface area contributed by atoms with Crippen LogP contribution in [0, 0.1) is 11.8 Å². The van der Waals surface area contributed by atoms with E-state index in [-0.39, 0.29) is 5.91 Å². The SMILES string of the molecule is CCCC[C@](C)(OC)C(=O)Nc1ccc(OCCN2C[C@H](C)C[C@H](C)C2)cc1. The molecule has 0 spiro atoms. The number of benzene rings is 1. The molecule has 158 valence electrons. The van der Waals surface area contributed by atoms with Crippen LogP contribution in [0.25, 0.3) is 0 Å². The fraction of sp³-hybridized carbons (Fsp3) is 0.696. The number of carbonyl (C=O) groups is 1. The summed E-state index contributed by atoms with van der Waals surface area (Å²) in [7, 11) is 1.59. The molecule has 1 fully saturated rings. The van der Waals surface area contributed by atoms with E-state index >= 15 is 0 Å². The maximum Gasteiger partial charge on any atom is 0.256 e. The lowest BCUT2D eigenvalue weighted by molar-refractivity contribution is -0.136. The predicted molar refractivity (Wildman–Crippen MR) is 115 cm³/mol. The minimum Gasteiger partial charge on any atom is -0.492 e. The first kappa shape index (κ1) is 22.7. The maximum atomic E-state index is 12.6. The van der Waals surface area contributed by atoms with Crippen molar-refractivity contribution in [2.75, 3.05) is 38.7 Å². The monoisotopic (exact) mass is 390 g/mol. The van der Waals surface area contributed by atoms with Gasteiger partial charge in [-0.1, -0.05) is 33.6 Å². The number of carbonyl (C=O) groups excluding carboxylic acids is 1. The number of unbranched alkanes of at least 4 members (excludes halogenated alkanes) is 1. The molecule has 1 aliphatic rings. The number of nitrogens with one attached hydrogen (secondary N) is 1. The molecule has 0 bridgehead atoms. The van der Waals surface area contributed by atoms with Crippen molar-refractivity contribution in [1.82, 2.24) is 4.90 Å². The highest BCUT2D eigenvalue weighted by Crippen LogP contribution is 2.23. The molecule has 2 rings (SSSR count). The van der Waals surface area contributed by atoms with E-state index in [0.29, 0.717) is 13.0 Å². The zero-order valence-corrected chi connectivity index (χ0v) is 18.3. The minimum absolute atomic E-state index is 0.106. The number of anilines is 1. The molecule has 3 atom stereocenters. The molecule has 28 heavy (non-hydrogen) atoms. The van der Waals surface area contributed by atoms with Crippen LogP contribution in [0.4, 0.5) is 5.69 Å². The highest BCUT2D eigenvalue weighted by Gasteiger charge is 2.32. The van der Waals surface area contributed by atoms with E-state index < -0.39 is 5.60 Å². The van der Waals surface area contributed by atoms with Crippen molar-refractivity contribution < 1.29 is 14.3 Å². The van der Waals surface area contributed by atoms with Crippen LogP contribution in [0.3, 0.4) is 0 Å². The highest BCUT2D eigenvalue weighted by atomic mass is 16.5. The number of piperidine rings is 1. The van der Waals surface area contributed by atoms with E-state index in [1.54, 1.807) is 7.11 Å². The van der Waals surface area contributed by atoms with Gasteiger partial charge in [-0.05, 0) is 55.9 Å². The van der Waals surface area contributed by atoms with Gasteiger partial charge in [-0.3, -0.25) is 9.69 Å². The summed E-state index contributed by atoms with van der Waals surface area (Å²) < 4.78 is 11.4. The molecule has 1 aromatic rings. The molecule has 0 saturated carbocycles. The standard InChI is InChI=1S/C23H38N2O3/c1-6-7-12-23(4,27-5)22(26)24-20-8-10-21(11-9-20)28-14-13-25-16-18(2)15-19(3)17-25/h8-11,18-19H,6-7,12-17H2,1-5H3,(H,24,26)/t18-,19+,23-/m0/s1. The number of nitrogens with zero attached hydrogens (tertiary/aromatic N) is 1. The van der Waals surface area contributed by atoms with Crippen molar-refractivity contribution in [3.63, 3.8) is 0 Å². The number of amides is 1. The summed E-state index contributed by atoms with van der Waals surface area (Å²) in [4.78, 5) is 15.1. The van der Waals surface area contributed by atoms with Crippen LogP contribution in [0.1, 0.15) is 53.4 Å². The lowest BCUT2D eigenvalue weighted by Gasteiger charge is -2.34. The van der Waals surface area contributed by atoms with E-state index in [1.807, 2.05) is 31.2 Å². The maximum absolute atomic E-state index is 12.6. The van der Waals surface area contributed by atoms with Gasteiger partial charge in [0.2, 0.25) is 0 Å². The Hall–Kier alpha value is -1.59. The normalized spacial score (nSPS) is 22.5. The zero-order chi connectivity index (χ0) is 20.6. The van der Waals surface area contributed by atoms with Crippen molar-refractivity contribution in [3.05, 3.63) is 24.3 Å². The van der Waals surface area contributed by atoms with Gasteiger partial charge in [0.1, 0.15) is 18.0 Å². The smallest absolute Gasteiger partial charge is 0.256 e. The van der Waals surface area contributed by atoms with Gasteiger partial charge < -0.3 is 14.8 Å². The van der Waals surface area contributed by atoms with Gasteiger partial charge in [0.05, 0.1) is 0 Å². The van der Waals surface area contributed by atoms with Gasteiger partial charge >= 0.3 is 0 Å². The van der Waals surface area contributed by atoms with Gasteiger partial charge in [-0.2, -0.15) is 0 Å². The topological polar surface area (TPSA) is 50.8 Å². The Labute approximate surface area is 170 Å². The number of rotatable bonds is 10. The predicted octanol–water partition coefficient (Wildman–Crippen LogP) is 4.58. The van der Waals surface area contributed by atoms with Crippen molar-refractivity contribution in [2.24, 2.45) is 11.8 Å².